The Morgan fingerprint density at radius 3 is 3.06 bits per heavy atom. The van der Waals surface area contributed by atoms with E-state index >= 15 is 0 Å². The van der Waals surface area contributed by atoms with Crippen molar-refractivity contribution < 1.29 is 9.53 Å². The smallest absolute Gasteiger partial charge is 0.268 e. The van der Waals surface area contributed by atoms with Crippen LogP contribution < -0.4 is 11.1 Å². The van der Waals surface area contributed by atoms with Gasteiger partial charge in [-0.1, -0.05) is 0 Å². The van der Waals surface area contributed by atoms with Crippen LogP contribution in [0.5, 0.6) is 0 Å². The molecule has 18 heavy (non-hydrogen) atoms. The number of anilines is 1. The maximum absolute atomic E-state index is 12.2. The Balaban J connectivity index is 1.71. The molecule has 3 N–H and O–H groups in total. The van der Waals surface area contributed by atoms with Crippen LogP contribution in [0, 0.1) is 0 Å². The van der Waals surface area contributed by atoms with Gasteiger partial charge in [0.15, 0.2) is 0 Å². The number of rotatable bonds is 3. The zero-order valence-corrected chi connectivity index (χ0v) is 10.6. The fourth-order valence-corrected chi connectivity index (χ4v) is 3.02. The lowest BCUT2D eigenvalue weighted by molar-refractivity contribution is 0.0834. The number of aromatic nitrogens is 1. The van der Waals surface area contributed by atoms with Crippen molar-refractivity contribution in [2.45, 2.75) is 51.0 Å². The normalized spacial score (nSPS) is 29.7. The summed E-state index contributed by atoms with van der Waals surface area (Å²) in [6.45, 7) is 2.74. The van der Waals surface area contributed by atoms with Crippen molar-refractivity contribution in [3.05, 3.63) is 18.0 Å². The summed E-state index contributed by atoms with van der Waals surface area (Å²) in [4.78, 5) is 12.2. The molecule has 5 nitrogen and oxygen atoms in total. The van der Waals surface area contributed by atoms with Gasteiger partial charge < -0.3 is 20.4 Å². The van der Waals surface area contributed by atoms with Crippen LogP contribution >= 0.6 is 0 Å². The highest BCUT2D eigenvalue weighted by atomic mass is 16.5. The van der Waals surface area contributed by atoms with E-state index in [4.69, 9.17) is 10.5 Å². The molecule has 2 aliphatic rings. The van der Waals surface area contributed by atoms with E-state index < -0.39 is 0 Å². The third-order valence-electron chi connectivity index (χ3n) is 3.91. The lowest BCUT2D eigenvalue weighted by atomic mass is 9.95. The van der Waals surface area contributed by atoms with E-state index in [1.807, 2.05) is 11.5 Å². The van der Waals surface area contributed by atoms with Gasteiger partial charge in [0, 0.05) is 12.7 Å². The molecule has 0 aromatic carbocycles. The van der Waals surface area contributed by atoms with Crippen LogP contribution in [0.2, 0.25) is 0 Å². The van der Waals surface area contributed by atoms with Crippen LogP contribution in [0.3, 0.4) is 0 Å². The Bertz CT molecular complexity index is 469. The van der Waals surface area contributed by atoms with Crippen molar-refractivity contribution in [2.75, 3.05) is 5.73 Å². The third kappa shape index (κ3) is 1.88. The first kappa shape index (κ1) is 11.6. The van der Waals surface area contributed by atoms with Crippen molar-refractivity contribution in [3.63, 3.8) is 0 Å². The van der Waals surface area contributed by atoms with Crippen molar-refractivity contribution in [1.82, 2.24) is 9.88 Å². The molecule has 5 heteroatoms. The predicted molar refractivity (Wildman–Crippen MR) is 68.3 cm³/mol. The van der Waals surface area contributed by atoms with Crippen LogP contribution in [-0.2, 0) is 11.3 Å². The third-order valence-corrected chi connectivity index (χ3v) is 3.91. The van der Waals surface area contributed by atoms with Gasteiger partial charge in [0.2, 0.25) is 0 Å². The van der Waals surface area contributed by atoms with E-state index in [2.05, 4.69) is 5.32 Å². The minimum Gasteiger partial charge on any atom is -0.397 e. The number of nitrogens with zero attached hydrogens (tertiary/aromatic N) is 1. The van der Waals surface area contributed by atoms with Gasteiger partial charge in [-0.25, -0.2) is 0 Å². The van der Waals surface area contributed by atoms with E-state index in [1.54, 1.807) is 12.3 Å². The summed E-state index contributed by atoms with van der Waals surface area (Å²) in [5.74, 6) is -0.0466. The lowest BCUT2D eigenvalue weighted by Gasteiger charge is -2.20. The van der Waals surface area contributed by atoms with Gasteiger partial charge in [0.25, 0.3) is 5.91 Å². The van der Waals surface area contributed by atoms with Gasteiger partial charge in [-0.3, -0.25) is 4.79 Å². The van der Waals surface area contributed by atoms with Crippen LogP contribution in [-0.4, -0.2) is 28.7 Å². The molecule has 2 saturated heterocycles. The number of nitrogens with two attached hydrogens (primary N) is 1. The molecular weight excluding hydrogens is 230 g/mol. The number of hydrogen-bond donors (Lipinski definition) is 2. The monoisotopic (exact) mass is 249 g/mol. The molecule has 0 aliphatic carbocycles. The zero-order valence-electron chi connectivity index (χ0n) is 10.6. The summed E-state index contributed by atoms with van der Waals surface area (Å²) in [7, 11) is 0. The first-order chi connectivity index (χ1) is 8.67. The minimum atomic E-state index is -0.0466. The summed E-state index contributed by atoms with van der Waals surface area (Å²) in [6.07, 6.45) is 5.50. The quantitative estimate of drug-likeness (QED) is 0.844. The van der Waals surface area contributed by atoms with E-state index in [0.717, 1.165) is 25.8 Å². The number of carbonyl (C=O) groups is 1. The molecule has 2 fully saturated rings. The number of fused-ring (bicyclic) bond motifs is 2. The summed E-state index contributed by atoms with van der Waals surface area (Å²) < 4.78 is 7.61. The molecular formula is C13H19N3O2. The molecule has 3 atom stereocenters. The first-order valence-electron chi connectivity index (χ1n) is 6.59. The van der Waals surface area contributed by atoms with Gasteiger partial charge in [-0.05, 0) is 32.3 Å². The minimum absolute atomic E-state index is 0.0466. The fraction of sp³-hybridized carbons (Fsp3) is 0.615. The first-order valence-corrected chi connectivity index (χ1v) is 6.59. The van der Waals surface area contributed by atoms with Crippen LogP contribution in [0.25, 0.3) is 0 Å². The number of nitrogens with one attached hydrogen (secondary N) is 1. The Morgan fingerprint density at radius 2 is 2.44 bits per heavy atom. The van der Waals surface area contributed by atoms with Gasteiger partial charge in [-0.2, -0.15) is 0 Å². The van der Waals surface area contributed by atoms with Gasteiger partial charge >= 0.3 is 0 Å². The fourth-order valence-electron chi connectivity index (χ4n) is 3.02. The van der Waals surface area contributed by atoms with Crippen LogP contribution in [0.1, 0.15) is 36.7 Å². The lowest BCUT2D eigenvalue weighted by Crippen LogP contribution is -2.42. The summed E-state index contributed by atoms with van der Waals surface area (Å²) >= 11 is 0. The molecule has 98 valence electrons. The summed E-state index contributed by atoms with van der Waals surface area (Å²) in [6, 6.07) is 1.89. The highest BCUT2D eigenvalue weighted by Crippen LogP contribution is 2.34. The van der Waals surface area contributed by atoms with Crippen LogP contribution in [0.4, 0.5) is 5.69 Å². The molecule has 0 saturated carbocycles. The zero-order chi connectivity index (χ0) is 12.7. The van der Waals surface area contributed by atoms with E-state index in [0.29, 0.717) is 17.5 Å². The van der Waals surface area contributed by atoms with Gasteiger partial charge in [0.05, 0.1) is 23.9 Å². The standard InChI is InChI=1S/C13H19N3O2/c1-2-16-7-8(14)5-11(16)13(17)15-10-6-9-3-4-12(10)18-9/h5,7,9-10,12H,2-4,6,14H2,1H3,(H,15,17). The van der Waals surface area contributed by atoms with Crippen LogP contribution in [0.15, 0.2) is 12.3 Å². The largest absolute Gasteiger partial charge is 0.397 e. The van der Waals surface area contributed by atoms with E-state index in [9.17, 15) is 4.79 Å². The van der Waals surface area contributed by atoms with Crippen molar-refractivity contribution in [2.24, 2.45) is 0 Å². The Hall–Kier alpha value is -1.49. The molecule has 0 radical (unpaired) electrons. The maximum Gasteiger partial charge on any atom is 0.268 e. The Morgan fingerprint density at radius 1 is 1.61 bits per heavy atom. The SMILES string of the molecule is CCn1cc(N)cc1C(=O)NC1CC2CCC1O2. The summed E-state index contributed by atoms with van der Waals surface area (Å²) in [5.41, 5.74) is 7.00. The van der Waals surface area contributed by atoms with E-state index in [1.165, 1.54) is 0 Å². The number of aryl methyl sites for hydroxylation is 1. The second-order valence-corrected chi connectivity index (χ2v) is 5.13. The molecule has 1 amide bonds. The maximum atomic E-state index is 12.2. The molecule has 1 aromatic heterocycles. The average molecular weight is 249 g/mol. The molecule has 2 aliphatic heterocycles. The highest BCUT2D eigenvalue weighted by molar-refractivity contribution is 5.94. The van der Waals surface area contributed by atoms with Crippen molar-refractivity contribution in [1.29, 1.82) is 0 Å². The summed E-state index contributed by atoms with van der Waals surface area (Å²) in [5, 5.41) is 3.07. The number of carbonyl (C=O) groups excluding carboxylic acids is 1. The van der Waals surface area contributed by atoms with E-state index in [-0.39, 0.29) is 18.1 Å². The average Bonchev–Trinajstić information content (AvgIpc) is 3.02. The Labute approximate surface area is 106 Å². The highest BCUT2D eigenvalue weighted by Gasteiger charge is 2.41. The second-order valence-electron chi connectivity index (χ2n) is 5.13. The van der Waals surface area contributed by atoms with Crippen molar-refractivity contribution in [3.8, 4) is 0 Å². The number of hydrogen-bond acceptors (Lipinski definition) is 3. The molecule has 3 unspecified atom stereocenters. The van der Waals surface area contributed by atoms with Gasteiger partial charge in [0.1, 0.15) is 5.69 Å². The second kappa shape index (κ2) is 4.31. The molecule has 3 heterocycles. The van der Waals surface area contributed by atoms with Crippen molar-refractivity contribution >= 4 is 11.6 Å². The van der Waals surface area contributed by atoms with Gasteiger partial charge in [-0.15, -0.1) is 0 Å². The topological polar surface area (TPSA) is 69.3 Å². The Kier molecular flexibility index (Phi) is 2.78. The number of nitrogen functional groups attached to an aromatic ring is 1. The number of ether oxygens (including phenoxy) is 1. The molecule has 2 bridgehead atoms. The molecule has 1 aromatic rings. The molecule has 0 spiro atoms. The molecule has 3 rings (SSSR count). The predicted octanol–water partition coefficient (Wildman–Crippen LogP) is 1.14. The number of amides is 1.